The third-order valence-corrected chi connectivity index (χ3v) is 5.58. The lowest BCUT2D eigenvalue weighted by Gasteiger charge is -2.23. The minimum absolute atomic E-state index is 0.109. The van der Waals surface area contributed by atoms with Gasteiger partial charge in [0, 0.05) is 18.7 Å². The van der Waals surface area contributed by atoms with Crippen LogP contribution in [0.3, 0.4) is 0 Å². The molecular weight excluding hydrogens is 410 g/mol. The monoisotopic (exact) mass is 435 g/mol. The SMILES string of the molecule is COc1cccc(CCCNC(=O)CN(c2cc([N+](=O)[O-])ccc2C)S(C)(=O)=O)c1. The van der Waals surface area contributed by atoms with Gasteiger partial charge < -0.3 is 10.1 Å². The molecule has 0 radical (unpaired) electrons. The molecule has 10 heteroatoms. The van der Waals surface area contributed by atoms with Gasteiger partial charge in [0.15, 0.2) is 0 Å². The maximum atomic E-state index is 12.3. The number of carbonyl (C=O) groups excluding carboxylic acids is 1. The zero-order valence-corrected chi connectivity index (χ0v) is 17.9. The Hall–Kier alpha value is -3.14. The first-order valence-electron chi connectivity index (χ1n) is 9.24. The van der Waals surface area contributed by atoms with Gasteiger partial charge >= 0.3 is 0 Å². The molecule has 9 nitrogen and oxygen atoms in total. The van der Waals surface area contributed by atoms with E-state index in [0.29, 0.717) is 18.5 Å². The highest BCUT2D eigenvalue weighted by Gasteiger charge is 2.24. The Balaban J connectivity index is 2.01. The number of hydrogen-bond donors (Lipinski definition) is 1. The topological polar surface area (TPSA) is 119 Å². The lowest BCUT2D eigenvalue weighted by atomic mass is 10.1. The van der Waals surface area contributed by atoms with Gasteiger partial charge in [-0.1, -0.05) is 18.2 Å². The van der Waals surface area contributed by atoms with E-state index in [9.17, 15) is 23.3 Å². The average molecular weight is 436 g/mol. The summed E-state index contributed by atoms with van der Waals surface area (Å²) in [6, 6.07) is 11.5. The molecule has 2 rings (SSSR count). The van der Waals surface area contributed by atoms with Crippen LogP contribution in [0.5, 0.6) is 5.75 Å². The maximum absolute atomic E-state index is 12.3. The number of nitro benzene ring substituents is 1. The number of benzene rings is 2. The van der Waals surface area contributed by atoms with Crippen molar-refractivity contribution in [3.05, 3.63) is 63.7 Å². The van der Waals surface area contributed by atoms with Crippen LogP contribution in [-0.4, -0.2) is 45.7 Å². The van der Waals surface area contributed by atoms with E-state index >= 15 is 0 Å². The quantitative estimate of drug-likeness (QED) is 0.348. The Bertz CT molecular complexity index is 1020. The fraction of sp³-hybridized carbons (Fsp3) is 0.350. The van der Waals surface area contributed by atoms with E-state index in [0.717, 1.165) is 34.4 Å². The molecular formula is C20H25N3O6S. The van der Waals surface area contributed by atoms with Crippen LogP contribution >= 0.6 is 0 Å². The molecule has 0 unspecified atom stereocenters. The van der Waals surface area contributed by atoms with Crippen molar-refractivity contribution in [3.63, 3.8) is 0 Å². The lowest BCUT2D eigenvalue weighted by Crippen LogP contribution is -2.41. The Kier molecular flexibility index (Phi) is 7.76. The average Bonchev–Trinajstić information content (AvgIpc) is 2.69. The minimum atomic E-state index is -3.82. The molecule has 2 aromatic carbocycles. The number of hydrogen-bond acceptors (Lipinski definition) is 6. The number of non-ortho nitro benzene ring substituents is 1. The Morgan fingerprint density at radius 1 is 1.23 bits per heavy atom. The zero-order chi connectivity index (χ0) is 22.3. The largest absolute Gasteiger partial charge is 0.497 e. The molecule has 0 saturated carbocycles. The summed E-state index contributed by atoms with van der Waals surface area (Å²) in [4.78, 5) is 22.8. The summed E-state index contributed by atoms with van der Waals surface area (Å²) >= 11 is 0. The zero-order valence-electron chi connectivity index (χ0n) is 17.1. The molecule has 0 fully saturated rings. The van der Waals surface area contributed by atoms with Gasteiger partial charge in [-0.05, 0) is 43.0 Å². The smallest absolute Gasteiger partial charge is 0.271 e. The van der Waals surface area contributed by atoms with Gasteiger partial charge in [-0.3, -0.25) is 19.2 Å². The highest BCUT2D eigenvalue weighted by molar-refractivity contribution is 7.92. The van der Waals surface area contributed by atoms with Crippen molar-refractivity contribution in [2.24, 2.45) is 0 Å². The van der Waals surface area contributed by atoms with E-state index in [1.165, 1.54) is 12.1 Å². The van der Waals surface area contributed by atoms with Gasteiger partial charge in [-0.15, -0.1) is 0 Å². The molecule has 0 aromatic heterocycles. The summed E-state index contributed by atoms with van der Waals surface area (Å²) in [6.45, 7) is 1.53. The Morgan fingerprint density at radius 3 is 2.60 bits per heavy atom. The van der Waals surface area contributed by atoms with Crippen molar-refractivity contribution in [2.75, 3.05) is 30.8 Å². The van der Waals surface area contributed by atoms with E-state index < -0.39 is 27.4 Å². The molecule has 1 amide bonds. The molecule has 2 aromatic rings. The minimum Gasteiger partial charge on any atom is -0.497 e. The molecule has 1 N–H and O–H groups in total. The third kappa shape index (κ3) is 6.45. The van der Waals surface area contributed by atoms with Crippen molar-refractivity contribution in [3.8, 4) is 5.75 Å². The lowest BCUT2D eigenvalue weighted by molar-refractivity contribution is -0.384. The van der Waals surface area contributed by atoms with Crippen molar-refractivity contribution in [2.45, 2.75) is 19.8 Å². The highest BCUT2D eigenvalue weighted by Crippen LogP contribution is 2.27. The number of methoxy groups -OCH3 is 1. The highest BCUT2D eigenvalue weighted by atomic mass is 32.2. The fourth-order valence-corrected chi connectivity index (χ4v) is 3.80. The van der Waals surface area contributed by atoms with Crippen LogP contribution < -0.4 is 14.4 Å². The van der Waals surface area contributed by atoms with Crippen molar-refractivity contribution in [1.82, 2.24) is 5.32 Å². The number of aryl methyl sites for hydroxylation is 2. The standard InChI is InChI=1S/C20H25N3O6S/c1-15-9-10-17(23(25)26)13-19(15)22(30(3,27)28)14-20(24)21-11-5-7-16-6-4-8-18(12-16)29-2/h4,6,8-10,12-13H,5,7,11,14H2,1-3H3,(H,21,24). The second-order valence-electron chi connectivity index (χ2n) is 6.80. The molecule has 0 heterocycles. The fourth-order valence-electron chi connectivity index (χ4n) is 2.90. The summed E-state index contributed by atoms with van der Waals surface area (Å²) in [7, 11) is -2.23. The molecule has 0 aliphatic carbocycles. The number of sulfonamides is 1. The normalized spacial score (nSPS) is 11.0. The molecule has 0 aliphatic rings. The Labute approximate surface area is 175 Å². The number of amides is 1. The number of rotatable bonds is 10. The van der Waals surface area contributed by atoms with Gasteiger partial charge in [0.05, 0.1) is 24.0 Å². The number of anilines is 1. The number of carbonyl (C=O) groups is 1. The number of ether oxygens (including phenoxy) is 1. The Morgan fingerprint density at radius 2 is 1.97 bits per heavy atom. The summed E-state index contributed by atoms with van der Waals surface area (Å²) in [6.07, 6.45) is 2.34. The first-order valence-corrected chi connectivity index (χ1v) is 11.1. The van der Waals surface area contributed by atoms with Crippen LogP contribution in [0.15, 0.2) is 42.5 Å². The molecule has 0 atom stereocenters. The molecule has 0 spiro atoms. The summed E-state index contributed by atoms with van der Waals surface area (Å²) < 4.78 is 30.5. The van der Waals surface area contributed by atoms with Gasteiger partial charge in [-0.2, -0.15) is 0 Å². The first-order chi connectivity index (χ1) is 14.1. The van der Waals surface area contributed by atoms with E-state index in [1.807, 2.05) is 24.3 Å². The van der Waals surface area contributed by atoms with Crippen LogP contribution in [0.2, 0.25) is 0 Å². The summed E-state index contributed by atoms with van der Waals surface area (Å²) in [5.41, 5.74) is 1.44. The number of nitrogens with one attached hydrogen (secondary N) is 1. The van der Waals surface area contributed by atoms with Crippen LogP contribution in [0.1, 0.15) is 17.5 Å². The van der Waals surface area contributed by atoms with Crippen LogP contribution in [-0.2, 0) is 21.2 Å². The number of nitro groups is 1. The van der Waals surface area contributed by atoms with E-state index in [-0.39, 0.29) is 11.4 Å². The van der Waals surface area contributed by atoms with Crippen LogP contribution in [0.4, 0.5) is 11.4 Å². The van der Waals surface area contributed by atoms with E-state index in [2.05, 4.69) is 5.32 Å². The summed E-state index contributed by atoms with van der Waals surface area (Å²) in [5.74, 6) is 0.268. The molecule has 0 bridgehead atoms. The van der Waals surface area contributed by atoms with Gasteiger partial charge in [0.1, 0.15) is 12.3 Å². The second kappa shape index (κ2) is 10.1. The maximum Gasteiger partial charge on any atom is 0.271 e. The number of nitrogens with zero attached hydrogens (tertiary/aromatic N) is 2. The van der Waals surface area contributed by atoms with Gasteiger partial charge in [0.2, 0.25) is 15.9 Å². The molecule has 0 aliphatic heterocycles. The predicted molar refractivity (Wildman–Crippen MR) is 114 cm³/mol. The molecule has 162 valence electrons. The van der Waals surface area contributed by atoms with Crippen molar-refractivity contribution >= 4 is 27.3 Å². The van der Waals surface area contributed by atoms with Crippen LogP contribution in [0.25, 0.3) is 0 Å². The predicted octanol–water partition coefficient (Wildman–Crippen LogP) is 2.43. The molecule has 0 saturated heterocycles. The molecule has 30 heavy (non-hydrogen) atoms. The van der Waals surface area contributed by atoms with E-state index in [4.69, 9.17) is 4.74 Å². The van der Waals surface area contributed by atoms with E-state index in [1.54, 1.807) is 14.0 Å². The van der Waals surface area contributed by atoms with Crippen molar-refractivity contribution < 1.29 is 22.9 Å². The third-order valence-electron chi connectivity index (χ3n) is 4.46. The van der Waals surface area contributed by atoms with Crippen LogP contribution in [0, 0.1) is 17.0 Å². The first kappa shape index (κ1) is 23.1. The second-order valence-corrected chi connectivity index (χ2v) is 8.71. The van der Waals surface area contributed by atoms with Gasteiger partial charge in [0.25, 0.3) is 5.69 Å². The van der Waals surface area contributed by atoms with Gasteiger partial charge in [-0.25, -0.2) is 8.42 Å². The summed E-state index contributed by atoms with van der Waals surface area (Å²) in [5, 5.41) is 13.7. The van der Waals surface area contributed by atoms with Crippen molar-refractivity contribution in [1.29, 1.82) is 0 Å².